The van der Waals surface area contributed by atoms with Crippen LogP contribution in [0.25, 0.3) is 0 Å². The normalized spacial score (nSPS) is 28.2. The lowest BCUT2D eigenvalue weighted by atomic mass is 9.84. The van der Waals surface area contributed by atoms with Crippen molar-refractivity contribution in [1.82, 2.24) is 5.32 Å². The van der Waals surface area contributed by atoms with E-state index in [0.717, 1.165) is 32.9 Å². The van der Waals surface area contributed by atoms with Gasteiger partial charge in [0.15, 0.2) is 0 Å². The second-order valence-electron chi connectivity index (χ2n) is 3.83. The standard InChI is InChI=1S/C10H21NO2/c1-3-10(4-6-13-9-10)8-11-5-7-12-2/h11H,3-9H2,1-2H3. The van der Waals surface area contributed by atoms with Gasteiger partial charge in [-0.2, -0.15) is 0 Å². The fraction of sp³-hybridized carbons (Fsp3) is 1.00. The van der Waals surface area contributed by atoms with Crippen LogP contribution in [-0.4, -0.2) is 40.0 Å². The van der Waals surface area contributed by atoms with Crippen molar-refractivity contribution in [2.24, 2.45) is 5.41 Å². The lowest BCUT2D eigenvalue weighted by Crippen LogP contribution is -2.35. The maximum absolute atomic E-state index is 5.44. The smallest absolute Gasteiger partial charge is 0.0587 e. The summed E-state index contributed by atoms with van der Waals surface area (Å²) in [5.41, 5.74) is 0.397. The lowest BCUT2D eigenvalue weighted by Gasteiger charge is -2.25. The zero-order valence-electron chi connectivity index (χ0n) is 8.77. The number of hydrogen-bond donors (Lipinski definition) is 1. The molecule has 0 radical (unpaired) electrons. The van der Waals surface area contributed by atoms with E-state index in [-0.39, 0.29) is 0 Å². The second-order valence-corrected chi connectivity index (χ2v) is 3.83. The van der Waals surface area contributed by atoms with Crippen LogP contribution in [0.15, 0.2) is 0 Å². The highest BCUT2D eigenvalue weighted by molar-refractivity contribution is 4.83. The Kier molecular flexibility index (Phi) is 4.70. The third-order valence-electron chi connectivity index (χ3n) is 2.92. The lowest BCUT2D eigenvalue weighted by molar-refractivity contribution is 0.142. The van der Waals surface area contributed by atoms with Gasteiger partial charge in [0.1, 0.15) is 0 Å². The third-order valence-corrected chi connectivity index (χ3v) is 2.92. The van der Waals surface area contributed by atoms with Crippen LogP contribution in [0.1, 0.15) is 19.8 Å². The Balaban J connectivity index is 2.16. The monoisotopic (exact) mass is 187 g/mol. The van der Waals surface area contributed by atoms with E-state index >= 15 is 0 Å². The van der Waals surface area contributed by atoms with Crippen molar-refractivity contribution >= 4 is 0 Å². The Morgan fingerprint density at radius 1 is 1.54 bits per heavy atom. The van der Waals surface area contributed by atoms with Crippen molar-refractivity contribution in [3.05, 3.63) is 0 Å². The van der Waals surface area contributed by atoms with E-state index in [0.29, 0.717) is 5.41 Å². The quantitative estimate of drug-likeness (QED) is 0.630. The van der Waals surface area contributed by atoms with E-state index in [2.05, 4.69) is 12.2 Å². The third kappa shape index (κ3) is 3.25. The van der Waals surface area contributed by atoms with Gasteiger partial charge < -0.3 is 14.8 Å². The molecule has 0 aromatic heterocycles. The van der Waals surface area contributed by atoms with Gasteiger partial charge in [-0.25, -0.2) is 0 Å². The molecule has 0 amide bonds. The molecule has 1 fully saturated rings. The fourth-order valence-corrected chi connectivity index (χ4v) is 1.72. The highest BCUT2D eigenvalue weighted by Gasteiger charge is 2.32. The van der Waals surface area contributed by atoms with Crippen LogP contribution in [0.4, 0.5) is 0 Å². The van der Waals surface area contributed by atoms with Crippen molar-refractivity contribution in [3.63, 3.8) is 0 Å². The summed E-state index contributed by atoms with van der Waals surface area (Å²) in [7, 11) is 1.73. The first kappa shape index (κ1) is 11.0. The Morgan fingerprint density at radius 2 is 2.38 bits per heavy atom. The first-order valence-electron chi connectivity index (χ1n) is 5.10. The summed E-state index contributed by atoms with van der Waals surface area (Å²) in [4.78, 5) is 0. The molecule has 0 saturated carbocycles. The van der Waals surface area contributed by atoms with Crippen LogP contribution in [0.2, 0.25) is 0 Å². The molecule has 0 spiro atoms. The number of nitrogens with one attached hydrogen (secondary N) is 1. The molecule has 13 heavy (non-hydrogen) atoms. The molecule has 0 aromatic rings. The average molecular weight is 187 g/mol. The topological polar surface area (TPSA) is 30.5 Å². The summed E-state index contributed by atoms with van der Waals surface area (Å²) < 4.78 is 10.4. The summed E-state index contributed by atoms with van der Waals surface area (Å²) in [5, 5.41) is 3.42. The maximum Gasteiger partial charge on any atom is 0.0587 e. The van der Waals surface area contributed by atoms with Crippen molar-refractivity contribution < 1.29 is 9.47 Å². The Bertz CT molecular complexity index is 133. The molecule has 1 rings (SSSR count). The average Bonchev–Trinajstić information content (AvgIpc) is 2.62. The van der Waals surface area contributed by atoms with Gasteiger partial charge in [-0.3, -0.25) is 0 Å². The predicted molar refractivity (Wildman–Crippen MR) is 52.9 cm³/mol. The summed E-state index contributed by atoms with van der Waals surface area (Å²) in [6.07, 6.45) is 2.40. The summed E-state index contributed by atoms with van der Waals surface area (Å²) in [5.74, 6) is 0. The molecule has 1 aliphatic rings. The van der Waals surface area contributed by atoms with E-state index < -0.39 is 0 Å². The molecule has 3 nitrogen and oxygen atoms in total. The second kappa shape index (κ2) is 5.58. The van der Waals surface area contributed by atoms with Crippen molar-refractivity contribution in [2.45, 2.75) is 19.8 Å². The van der Waals surface area contributed by atoms with Crippen LogP contribution in [0.5, 0.6) is 0 Å². The number of ether oxygens (including phenoxy) is 2. The van der Waals surface area contributed by atoms with Gasteiger partial charge in [0.25, 0.3) is 0 Å². The first-order valence-corrected chi connectivity index (χ1v) is 5.10. The minimum atomic E-state index is 0.397. The number of hydrogen-bond acceptors (Lipinski definition) is 3. The maximum atomic E-state index is 5.44. The van der Waals surface area contributed by atoms with Crippen LogP contribution < -0.4 is 5.32 Å². The van der Waals surface area contributed by atoms with Crippen LogP contribution in [0, 0.1) is 5.41 Å². The number of rotatable bonds is 6. The predicted octanol–water partition coefficient (Wildman–Crippen LogP) is 1.04. The van der Waals surface area contributed by atoms with Gasteiger partial charge in [0.05, 0.1) is 13.2 Å². The van der Waals surface area contributed by atoms with Gasteiger partial charge in [0.2, 0.25) is 0 Å². The fourth-order valence-electron chi connectivity index (χ4n) is 1.72. The van der Waals surface area contributed by atoms with E-state index in [1.807, 2.05) is 0 Å². The highest BCUT2D eigenvalue weighted by atomic mass is 16.5. The van der Waals surface area contributed by atoms with E-state index in [1.165, 1.54) is 12.8 Å². The summed E-state index contributed by atoms with van der Waals surface area (Å²) >= 11 is 0. The van der Waals surface area contributed by atoms with Gasteiger partial charge in [-0.15, -0.1) is 0 Å². The summed E-state index contributed by atoms with van der Waals surface area (Å²) in [6.45, 7) is 6.89. The van der Waals surface area contributed by atoms with Crippen LogP contribution in [0.3, 0.4) is 0 Å². The zero-order chi connectivity index (χ0) is 9.57. The molecular formula is C10H21NO2. The molecule has 1 N–H and O–H groups in total. The minimum Gasteiger partial charge on any atom is -0.383 e. The van der Waals surface area contributed by atoms with Crippen molar-refractivity contribution in [3.8, 4) is 0 Å². The Morgan fingerprint density at radius 3 is 2.92 bits per heavy atom. The molecule has 78 valence electrons. The van der Waals surface area contributed by atoms with E-state index in [1.54, 1.807) is 7.11 Å². The molecule has 1 saturated heterocycles. The minimum absolute atomic E-state index is 0.397. The zero-order valence-corrected chi connectivity index (χ0v) is 8.77. The molecule has 1 atom stereocenters. The first-order chi connectivity index (χ1) is 6.33. The largest absolute Gasteiger partial charge is 0.383 e. The molecule has 0 aromatic carbocycles. The van der Waals surface area contributed by atoms with E-state index in [4.69, 9.17) is 9.47 Å². The Hall–Kier alpha value is -0.120. The number of methoxy groups -OCH3 is 1. The molecular weight excluding hydrogens is 166 g/mol. The van der Waals surface area contributed by atoms with Crippen molar-refractivity contribution in [2.75, 3.05) is 40.0 Å². The van der Waals surface area contributed by atoms with Gasteiger partial charge >= 0.3 is 0 Å². The highest BCUT2D eigenvalue weighted by Crippen LogP contribution is 2.31. The van der Waals surface area contributed by atoms with Gasteiger partial charge in [-0.1, -0.05) is 6.92 Å². The van der Waals surface area contributed by atoms with Crippen LogP contribution >= 0.6 is 0 Å². The van der Waals surface area contributed by atoms with Crippen LogP contribution in [-0.2, 0) is 9.47 Å². The van der Waals surface area contributed by atoms with Gasteiger partial charge in [-0.05, 0) is 12.8 Å². The van der Waals surface area contributed by atoms with Gasteiger partial charge in [0, 0.05) is 32.2 Å². The Labute approximate surface area is 80.8 Å². The summed E-state index contributed by atoms with van der Waals surface area (Å²) in [6, 6.07) is 0. The van der Waals surface area contributed by atoms with Crippen molar-refractivity contribution in [1.29, 1.82) is 0 Å². The molecule has 3 heteroatoms. The molecule has 0 aliphatic carbocycles. The molecule has 0 bridgehead atoms. The molecule has 1 unspecified atom stereocenters. The molecule has 1 aliphatic heterocycles. The molecule has 1 heterocycles. The SMILES string of the molecule is CCC1(CNCCOC)CCOC1. The van der Waals surface area contributed by atoms with E-state index in [9.17, 15) is 0 Å².